The first-order valence-electron chi connectivity index (χ1n) is 9.02. The predicted octanol–water partition coefficient (Wildman–Crippen LogP) is 0.741. The van der Waals surface area contributed by atoms with Gasteiger partial charge in [-0.25, -0.2) is 13.2 Å². The summed E-state index contributed by atoms with van der Waals surface area (Å²) in [7, 11) is 2.80. The van der Waals surface area contributed by atoms with E-state index in [1.54, 1.807) is 12.1 Å². The molecule has 3 heterocycles. The van der Waals surface area contributed by atoms with Crippen molar-refractivity contribution in [1.29, 1.82) is 0 Å². The van der Waals surface area contributed by atoms with Gasteiger partial charge >= 0.3 is 0 Å². The Bertz CT molecular complexity index is 1120. The first-order valence-corrected chi connectivity index (χ1v) is 9.02. The normalized spacial score (nSPS) is 14.8. The van der Waals surface area contributed by atoms with Crippen molar-refractivity contribution in [1.82, 2.24) is 14.9 Å². The maximum atomic E-state index is 13.9. The number of nitrogens with one attached hydrogen (secondary N) is 1. The van der Waals surface area contributed by atoms with Crippen molar-refractivity contribution >= 4 is 11.8 Å². The molecule has 0 spiro atoms. The second kappa shape index (κ2) is 7.08. The van der Waals surface area contributed by atoms with Gasteiger partial charge in [-0.05, 0) is 0 Å². The molecule has 0 fully saturated rings. The van der Waals surface area contributed by atoms with E-state index in [0.29, 0.717) is 30.8 Å². The minimum atomic E-state index is -1.16. The van der Waals surface area contributed by atoms with Crippen LogP contribution in [-0.4, -0.2) is 48.8 Å². The van der Waals surface area contributed by atoms with Gasteiger partial charge in [0.15, 0.2) is 11.4 Å². The van der Waals surface area contributed by atoms with Gasteiger partial charge in [-0.15, -0.1) is 0 Å². The van der Waals surface area contributed by atoms with Crippen LogP contribution in [0.15, 0.2) is 16.9 Å². The lowest BCUT2D eigenvalue weighted by Crippen LogP contribution is -2.51. The van der Waals surface area contributed by atoms with E-state index in [2.05, 4.69) is 5.32 Å². The number of benzene rings is 1. The Kier molecular flexibility index (Phi) is 4.67. The Morgan fingerprint density at radius 1 is 1.20 bits per heavy atom. The van der Waals surface area contributed by atoms with Crippen LogP contribution < -0.4 is 20.5 Å². The maximum Gasteiger partial charge on any atom is 0.277 e. The fourth-order valence-corrected chi connectivity index (χ4v) is 3.80. The summed E-state index contributed by atoms with van der Waals surface area (Å²) in [6, 6.07) is 1.00. The molecule has 1 N–H and O–H groups in total. The number of methoxy groups -OCH3 is 1. The molecule has 158 valence electrons. The van der Waals surface area contributed by atoms with E-state index in [-0.39, 0.29) is 23.7 Å². The Hall–Kier alpha value is -3.50. The fraction of sp³-hybridized carbons (Fsp3) is 0.316. The number of hydrogen-bond donors (Lipinski definition) is 1. The third-order valence-electron chi connectivity index (χ3n) is 5.18. The van der Waals surface area contributed by atoms with E-state index in [9.17, 15) is 27.6 Å². The van der Waals surface area contributed by atoms with E-state index in [0.717, 1.165) is 0 Å². The Morgan fingerprint density at radius 3 is 2.50 bits per heavy atom. The average molecular weight is 422 g/mol. The molecule has 2 aliphatic heterocycles. The second-order valence-corrected chi connectivity index (χ2v) is 7.00. The molecule has 0 radical (unpaired) electrons. The van der Waals surface area contributed by atoms with E-state index < -0.39 is 46.8 Å². The molecule has 0 bridgehead atoms. The van der Waals surface area contributed by atoms with E-state index >= 15 is 0 Å². The van der Waals surface area contributed by atoms with E-state index in [1.807, 2.05) is 0 Å². The maximum absolute atomic E-state index is 13.9. The molecule has 2 amide bonds. The van der Waals surface area contributed by atoms with Crippen LogP contribution in [0.3, 0.4) is 0 Å². The quantitative estimate of drug-likeness (QED) is 0.786. The average Bonchev–Trinajstić information content (AvgIpc) is 3.08. The number of halogens is 3. The fourth-order valence-electron chi connectivity index (χ4n) is 3.80. The van der Waals surface area contributed by atoms with Crippen LogP contribution in [0.1, 0.15) is 32.1 Å². The number of aromatic nitrogens is 1. The Morgan fingerprint density at radius 2 is 1.87 bits per heavy atom. The van der Waals surface area contributed by atoms with Crippen molar-refractivity contribution in [2.75, 3.05) is 32.4 Å². The predicted molar refractivity (Wildman–Crippen MR) is 98.5 cm³/mol. The molecular formula is C19H17F3N4O4. The molecule has 4 rings (SSSR count). The summed E-state index contributed by atoms with van der Waals surface area (Å²) in [6.45, 7) is 0.127. The van der Waals surface area contributed by atoms with Gasteiger partial charge in [0, 0.05) is 44.3 Å². The zero-order valence-corrected chi connectivity index (χ0v) is 16.1. The lowest BCUT2D eigenvalue weighted by Gasteiger charge is -2.35. The van der Waals surface area contributed by atoms with Crippen LogP contribution in [0, 0.1) is 17.5 Å². The number of rotatable bonds is 4. The SMILES string of the molecule is COc1c2n3c(c(C(=O)NCc4c(F)cc(F)cc4F)c1=O)CCN3CN(C)C2=O. The van der Waals surface area contributed by atoms with Gasteiger partial charge in [0.05, 0.1) is 12.8 Å². The minimum absolute atomic E-state index is 0.0240. The molecule has 1 aromatic carbocycles. The van der Waals surface area contributed by atoms with Crippen molar-refractivity contribution in [3.8, 4) is 5.75 Å². The molecule has 2 aliphatic rings. The van der Waals surface area contributed by atoms with Gasteiger partial charge in [0.1, 0.15) is 29.7 Å². The smallest absolute Gasteiger partial charge is 0.277 e. The molecule has 0 atom stereocenters. The van der Waals surface area contributed by atoms with Crippen LogP contribution in [-0.2, 0) is 13.0 Å². The van der Waals surface area contributed by atoms with Crippen molar-refractivity contribution < 1.29 is 27.5 Å². The first-order chi connectivity index (χ1) is 14.2. The first kappa shape index (κ1) is 19.8. The van der Waals surface area contributed by atoms with Gasteiger partial charge in [-0.1, -0.05) is 0 Å². The number of pyridine rings is 1. The molecule has 30 heavy (non-hydrogen) atoms. The van der Waals surface area contributed by atoms with E-state index in [1.165, 1.54) is 16.7 Å². The summed E-state index contributed by atoms with van der Waals surface area (Å²) >= 11 is 0. The van der Waals surface area contributed by atoms with Crippen LogP contribution >= 0.6 is 0 Å². The molecule has 0 saturated heterocycles. The highest BCUT2D eigenvalue weighted by Gasteiger charge is 2.39. The number of hydrogen-bond acceptors (Lipinski definition) is 5. The van der Waals surface area contributed by atoms with Gasteiger partial charge in [-0.2, -0.15) is 0 Å². The van der Waals surface area contributed by atoms with E-state index in [4.69, 9.17) is 4.74 Å². The van der Waals surface area contributed by atoms with Gasteiger partial charge in [-0.3, -0.25) is 24.1 Å². The third kappa shape index (κ3) is 2.88. The van der Waals surface area contributed by atoms with Crippen LogP contribution in [0.2, 0.25) is 0 Å². The summed E-state index contributed by atoms with van der Waals surface area (Å²) in [6.07, 6.45) is 0.315. The highest BCUT2D eigenvalue weighted by molar-refractivity contribution is 6.00. The highest BCUT2D eigenvalue weighted by Crippen LogP contribution is 2.28. The van der Waals surface area contributed by atoms with Crippen molar-refractivity contribution in [3.05, 3.63) is 62.3 Å². The van der Waals surface area contributed by atoms with Crippen LogP contribution in [0.4, 0.5) is 13.2 Å². The van der Waals surface area contributed by atoms with Crippen molar-refractivity contribution in [2.24, 2.45) is 0 Å². The molecule has 0 saturated carbocycles. The van der Waals surface area contributed by atoms with Crippen molar-refractivity contribution in [2.45, 2.75) is 13.0 Å². The van der Waals surface area contributed by atoms with Crippen LogP contribution in [0.25, 0.3) is 0 Å². The molecular weight excluding hydrogens is 405 g/mol. The summed E-state index contributed by atoms with van der Waals surface area (Å²) < 4.78 is 47.4. The Balaban J connectivity index is 1.75. The number of nitrogens with zero attached hydrogens (tertiary/aromatic N) is 3. The van der Waals surface area contributed by atoms with Gasteiger partial charge in [0.2, 0.25) is 5.43 Å². The molecule has 11 heteroatoms. The zero-order chi connectivity index (χ0) is 21.7. The minimum Gasteiger partial charge on any atom is -0.491 e. The lowest BCUT2D eigenvalue weighted by atomic mass is 10.1. The monoisotopic (exact) mass is 422 g/mol. The number of carbonyl (C=O) groups is 2. The molecule has 0 aliphatic carbocycles. The molecule has 8 nitrogen and oxygen atoms in total. The largest absolute Gasteiger partial charge is 0.491 e. The number of carbonyl (C=O) groups excluding carboxylic acids is 2. The topological polar surface area (TPSA) is 83.9 Å². The van der Waals surface area contributed by atoms with Gasteiger partial charge in [0.25, 0.3) is 11.8 Å². The zero-order valence-electron chi connectivity index (χ0n) is 16.1. The number of amides is 2. The van der Waals surface area contributed by atoms with Gasteiger partial charge < -0.3 is 15.0 Å². The summed E-state index contributed by atoms with van der Waals surface area (Å²) in [5.41, 5.74) is -1.25. The molecule has 1 aromatic heterocycles. The second-order valence-electron chi connectivity index (χ2n) is 7.00. The molecule has 2 aromatic rings. The van der Waals surface area contributed by atoms with Crippen molar-refractivity contribution in [3.63, 3.8) is 0 Å². The standard InChI is InChI=1S/C19H17F3N4O4/c1-24-8-25-4-3-13-14(16(27)17(30-2)15(19(24)29)26(13)25)18(28)23-7-10-11(21)5-9(20)6-12(10)22/h5-6H,3-4,7-8H2,1-2H3,(H,23,28). The van der Waals surface area contributed by atoms with Crippen LogP contribution in [0.5, 0.6) is 5.75 Å². The summed E-state index contributed by atoms with van der Waals surface area (Å²) in [4.78, 5) is 39.8. The summed E-state index contributed by atoms with van der Waals surface area (Å²) in [5.74, 6) is -4.98. The number of ether oxygens (including phenoxy) is 1. The molecule has 0 unspecified atom stereocenters. The highest BCUT2D eigenvalue weighted by atomic mass is 19.1. The Labute approximate surface area is 168 Å². The summed E-state index contributed by atoms with van der Waals surface area (Å²) in [5, 5.41) is 4.09. The third-order valence-corrected chi connectivity index (χ3v) is 5.18. The lowest BCUT2D eigenvalue weighted by molar-refractivity contribution is 0.0736.